The summed E-state index contributed by atoms with van der Waals surface area (Å²) in [5, 5.41) is 0. The van der Waals surface area contributed by atoms with E-state index >= 15 is 0 Å². The second kappa shape index (κ2) is 2.23. The Morgan fingerprint density at radius 3 is 2.80 bits per heavy atom. The summed E-state index contributed by atoms with van der Waals surface area (Å²) in [5.74, 6) is 2.10. The Kier molecular flexibility index (Phi) is 1.48. The maximum absolute atomic E-state index is 2.52. The van der Waals surface area contributed by atoms with Crippen LogP contribution in [0.5, 0.6) is 0 Å². The predicted molar refractivity (Wildman–Crippen MR) is 42.9 cm³/mol. The fourth-order valence-electron chi connectivity index (χ4n) is 2.79. The number of rotatable bonds is 0. The van der Waals surface area contributed by atoms with Gasteiger partial charge in [0.1, 0.15) is 0 Å². The van der Waals surface area contributed by atoms with Crippen LogP contribution in [0.25, 0.3) is 0 Å². The van der Waals surface area contributed by atoms with Gasteiger partial charge < -0.3 is 4.90 Å². The Hall–Kier alpha value is -0.0400. The van der Waals surface area contributed by atoms with Gasteiger partial charge in [-0.3, -0.25) is 0 Å². The molecule has 1 aliphatic heterocycles. The lowest BCUT2D eigenvalue weighted by atomic mass is 9.95. The summed E-state index contributed by atoms with van der Waals surface area (Å²) < 4.78 is 0. The van der Waals surface area contributed by atoms with Crippen molar-refractivity contribution >= 4 is 0 Å². The molecule has 2 aliphatic rings. The lowest BCUT2D eigenvalue weighted by Gasteiger charge is -2.18. The van der Waals surface area contributed by atoms with Crippen LogP contribution in [0.2, 0.25) is 0 Å². The van der Waals surface area contributed by atoms with E-state index in [9.17, 15) is 0 Å². The zero-order valence-electron chi connectivity index (χ0n) is 7.01. The zero-order valence-corrected chi connectivity index (χ0v) is 7.01. The summed E-state index contributed by atoms with van der Waals surface area (Å²) in [4.78, 5) is 2.52. The molecular weight excluding hydrogens is 122 g/mol. The summed E-state index contributed by atoms with van der Waals surface area (Å²) in [6.07, 6.45) is 4.49. The van der Waals surface area contributed by atoms with Crippen LogP contribution in [0.15, 0.2) is 0 Å². The predicted octanol–water partition coefficient (Wildman–Crippen LogP) is 1.74. The van der Waals surface area contributed by atoms with E-state index in [4.69, 9.17) is 0 Å². The number of fused-ring (bicyclic) bond motifs is 1. The summed E-state index contributed by atoms with van der Waals surface area (Å²) in [5.41, 5.74) is 0. The van der Waals surface area contributed by atoms with Crippen molar-refractivity contribution in [2.75, 3.05) is 13.6 Å². The molecule has 1 unspecified atom stereocenters. The molecule has 1 nitrogen and oxygen atoms in total. The third-order valence-electron chi connectivity index (χ3n) is 3.56. The molecule has 1 aliphatic carbocycles. The molecule has 1 saturated carbocycles. The first kappa shape index (κ1) is 6.66. The average Bonchev–Trinajstić information content (AvgIpc) is 2.41. The van der Waals surface area contributed by atoms with E-state index < -0.39 is 0 Å². The molecule has 2 fully saturated rings. The van der Waals surface area contributed by atoms with E-state index in [1.54, 1.807) is 0 Å². The zero-order chi connectivity index (χ0) is 7.14. The summed E-state index contributed by atoms with van der Waals surface area (Å²) in [7, 11) is 2.27. The van der Waals surface area contributed by atoms with Gasteiger partial charge in [-0.05, 0) is 38.6 Å². The lowest BCUT2D eigenvalue weighted by Crippen LogP contribution is -2.25. The van der Waals surface area contributed by atoms with Crippen molar-refractivity contribution < 1.29 is 0 Å². The summed E-state index contributed by atoms with van der Waals surface area (Å²) in [6.45, 7) is 3.75. The molecule has 1 heteroatoms. The van der Waals surface area contributed by atoms with Crippen LogP contribution in [-0.4, -0.2) is 24.5 Å². The van der Waals surface area contributed by atoms with Gasteiger partial charge in [-0.1, -0.05) is 6.42 Å². The van der Waals surface area contributed by atoms with E-state index in [0.29, 0.717) is 0 Å². The second-order valence-electron chi connectivity index (χ2n) is 4.04. The third-order valence-corrected chi connectivity index (χ3v) is 3.56. The topological polar surface area (TPSA) is 3.24 Å². The monoisotopic (exact) mass is 139 g/mol. The maximum Gasteiger partial charge on any atom is 0.00953 e. The highest BCUT2D eigenvalue weighted by atomic mass is 15.2. The Labute approximate surface area is 63.4 Å². The van der Waals surface area contributed by atoms with E-state index in [0.717, 1.165) is 17.9 Å². The number of hydrogen-bond donors (Lipinski definition) is 0. The highest BCUT2D eigenvalue weighted by Crippen LogP contribution is 2.40. The first-order valence-electron chi connectivity index (χ1n) is 4.49. The minimum absolute atomic E-state index is 0.868. The van der Waals surface area contributed by atoms with Crippen LogP contribution >= 0.6 is 0 Å². The SMILES string of the molecule is CC1[C@H]2CCC[C@H]2CN1C. The molecule has 0 aromatic carbocycles. The largest absolute Gasteiger partial charge is 0.303 e. The second-order valence-corrected chi connectivity index (χ2v) is 4.04. The molecular formula is C9H17N. The van der Waals surface area contributed by atoms with E-state index in [1.165, 1.54) is 25.8 Å². The van der Waals surface area contributed by atoms with E-state index in [-0.39, 0.29) is 0 Å². The molecule has 3 atom stereocenters. The Balaban J connectivity index is 2.09. The summed E-state index contributed by atoms with van der Waals surface area (Å²) in [6, 6.07) is 0.868. The Morgan fingerprint density at radius 1 is 1.30 bits per heavy atom. The van der Waals surface area contributed by atoms with Crippen molar-refractivity contribution in [1.29, 1.82) is 0 Å². The van der Waals surface area contributed by atoms with Crippen molar-refractivity contribution in [3.63, 3.8) is 0 Å². The lowest BCUT2D eigenvalue weighted by molar-refractivity contribution is 0.287. The molecule has 10 heavy (non-hydrogen) atoms. The van der Waals surface area contributed by atoms with Gasteiger partial charge >= 0.3 is 0 Å². The first-order valence-corrected chi connectivity index (χ1v) is 4.49. The molecule has 0 bridgehead atoms. The Bertz CT molecular complexity index is 131. The molecule has 58 valence electrons. The minimum Gasteiger partial charge on any atom is -0.303 e. The highest BCUT2D eigenvalue weighted by molar-refractivity contribution is 4.92. The van der Waals surface area contributed by atoms with Gasteiger partial charge in [0.25, 0.3) is 0 Å². The van der Waals surface area contributed by atoms with Gasteiger partial charge in [-0.15, -0.1) is 0 Å². The Morgan fingerprint density at radius 2 is 2.10 bits per heavy atom. The van der Waals surface area contributed by atoms with Gasteiger partial charge in [-0.2, -0.15) is 0 Å². The van der Waals surface area contributed by atoms with Crippen LogP contribution in [0.1, 0.15) is 26.2 Å². The quantitative estimate of drug-likeness (QED) is 0.494. The molecule has 0 radical (unpaired) electrons. The first-order chi connectivity index (χ1) is 4.79. The summed E-state index contributed by atoms with van der Waals surface area (Å²) >= 11 is 0. The van der Waals surface area contributed by atoms with Crippen molar-refractivity contribution in [3.8, 4) is 0 Å². The standard InChI is InChI=1S/C9H17N/c1-7-9-5-3-4-8(9)6-10(7)2/h7-9H,3-6H2,1-2H3/t7?,8-,9+/m0/s1. The molecule has 1 heterocycles. The molecule has 0 aromatic rings. The van der Waals surface area contributed by atoms with Crippen LogP contribution in [0, 0.1) is 11.8 Å². The molecule has 0 N–H and O–H groups in total. The molecule has 0 aromatic heterocycles. The molecule has 1 saturated heterocycles. The molecule has 2 rings (SSSR count). The average molecular weight is 139 g/mol. The van der Waals surface area contributed by atoms with Gasteiger partial charge in [0, 0.05) is 12.6 Å². The van der Waals surface area contributed by atoms with Gasteiger partial charge in [0.15, 0.2) is 0 Å². The third kappa shape index (κ3) is 0.800. The van der Waals surface area contributed by atoms with Crippen molar-refractivity contribution in [2.45, 2.75) is 32.2 Å². The van der Waals surface area contributed by atoms with E-state index in [1.807, 2.05) is 0 Å². The normalized spacial score (nSPS) is 48.0. The molecule has 0 spiro atoms. The highest BCUT2D eigenvalue weighted by Gasteiger charge is 2.39. The maximum atomic E-state index is 2.52. The van der Waals surface area contributed by atoms with Crippen molar-refractivity contribution in [3.05, 3.63) is 0 Å². The van der Waals surface area contributed by atoms with Crippen molar-refractivity contribution in [1.82, 2.24) is 4.90 Å². The van der Waals surface area contributed by atoms with E-state index in [2.05, 4.69) is 18.9 Å². The fraction of sp³-hybridized carbons (Fsp3) is 1.00. The number of nitrogens with zero attached hydrogens (tertiary/aromatic N) is 1. The van der Waals surface area contributed by atoms with Crippen molar-refractivity contribution in [2.24, 2.45) is 11.8 Å². The van der Waals surface area contributed by atoms with Gasteiger partial charge in [-0.25, -0.2) is 0 Å². The minimum atomic E-state index is 0.868. The fourth-order valence-corrected chi connectivity index (χ4v) is 2.79. The van der Waals surface area contributed by atoms with Crippen LogP contribution < -0.4 is 0 Å². The van der Waals surface area contributed by atoms with Crippen LogP contribution in [0.3, 0.4) is 0 Å². The number of hydrogen-bond acceptors (Lipinski definition) is 1. The van der Waals surface area contributed by atoms with Crippen LogP contribution in [-0.2, 0) is 0 Å². The molecule has 0 amide bonds. The van der Waals surface area contributed by atoms with Crippen LogP contribution in [0.4, 0.5) is 0 Å². The van der Waals surface area contributed by atoms with Gasteiger partial charge in [0.05, 0.1) is 0 Å². The number of likely N-dealkylation sites (tertiary alicyclic amines) is 1. The smallest absolute Gasteiger partial charge is 0.00953 e. The van der Waals surface area contributed by atoms with Gasteiger partial charge in [0.2, 0.25) is 0 Å².